The summed E-state index contributed by atoms with van der Waals surface area (Å²) in [6.45, 7) is 0. The largest absolute Gasteiger partial charge is 0.493 e. The van der Waals surface area contributed by atoms with Gasteiger partial charge in [-0.3, -0.25) is 0 Å². The highest BCUT2D eigenvalue weighted by molar-refractivity contribution is 7.13. The van der Waals surface area contributed by atoms with Gasteiger partial charge in [0.05, 0.1) is 26.9 Å². The summed E-state index contributed by atoms with van der Waals surface area (Å²) in [5, 5.41) is 10.6. The van der Waals surface area contributed by atoms with Crippen LogP contribution in [0.25, 0.3) is 10.4 Å². The fourth-order valence-corrected chi connectivity index (χ4v) is 2.79. The fourth-order valence-electron chi connectivity index (χ4n) is 1.88. The Morgan fingerprint density at radius 1 is 1.10 bits per heavy atom. The molecule has 1 aromatic carbocycles. The number of ether oxygens (including phenoxy) is 3. The zero-order valence-electron chi connectivity index (χ0n) is 11.3. The van der Waals surface area contributed by atoms with E-state index in [0.717, 1.165) is 10.4 Å². The van der Waals surface area contributed by atoms with Crippen molar-refractivity contribution in [2.24, 2.45) is 0 Å². The highest BCUT2D eigenvalue weighted by Crippen LogP contribution is 2.45. The molecule has 0 unspecified atom stereocenters. The Kier molecular flexibility index (Phi) is 4.14. The highest BCUT2D eigenvalue weighted by atomic mass is 32.1. The summed E-state index contributed by atoms with van der Waals surface area (Å²) < 4.78 is 15.9. The molecule has 0 aliphatic heterocycles. The first-order valence-corrected chi connectivity index (χ1v) is 6.61. The van der Waals surface area contributed by atoms with E-state index in [0.29, 0.717) is 17.2 Å². The van der Waals surface area contributed by atoms with Crippen molar-refractivity contribution in [3.05, 3.63) is 29.1 Å². The number of thiophene rings is 1. The van der Waals surface area contributed by atoms with Crippen LogP contribution >= 0.6 is 11.3 Å². The van der Waals surface area contributed by atoms with Crippen LogP contribution in [-0.4, -0.2) is 32.4 Å². The SMILES string of the molecule is COc1ccc(-c2cc(C(=O)O)cs2)c(OC)c1OC. The molecule has 20 heavy (non-hydrogen) atoms. The fraction of sp³-hybridized carbons (Fsp3) is 0.214. The van der Waals surface area contributed by atoms with Crippen LogP contribution in [0.4, 0.5) is 0 Å². The predicted octanol–water partition coefficient (Wildman–Crippen LogP) is 3.14. The van der Waals surface area contributed by atoms with Gasteiger partial charge >= 0.3 is 5.97 Å². The molecule has 1 N–H and O–H groups in total. The van der Waals surface area contributed by atoms with E-state index in [-0.39, 0.29) is 5.56 Å². The lowest BCUT2D eigenvalue weighted by Crippen LogP contribution is -1.96. The zero-order chi connectivity index (χ0) is 14.7. The van der Waals surface area contributed by atoms with Gasteiger partial charge in [-0.2, -0.15) is 0 Å². The topological polar surface area (TPSA) is 65.0 Å². The van der Waals surface area contributed by atoms with Gasteiger partial charge in [0.2, 0.25) is 5.75 Å². The van der Waals surface area contributed by atoms with Gasteiger partial charge in [-0.1, -0.05) is 0 Å². The Bertz CT molecular complexity index is 632. The molecule has 0 saturated carbocycles. The Morgan fingerprint density at radius 2 is 1.80 bits per heavy atom. The Labute approximate surface area is 120 Å². The van der Waals surface area contributed by atoms with Gasteiger partial charge in [0, 0.05) is 15.8 Å². The second-order valence-electron chi connectivity index (χ2n) is 3.89. The van der Waals surface area contributed by atoms with Crippen LogP contribution in [-0.2, 0) is 0 Å². The second-order valence-corrected chi connectivity index (χ2v) is 4.80. The number of carbonyl (C=O) groups is 1. The summed E-state index contributed by atoms with van der Waals surface area (Å²) in [6, 6.07) is 5.19. The molecule has 0 aliphatic rings. The second kappa shape index (κ2) is 5.83. The summed E-state index contributed by atoms with van der Waals surface area (Å²) >= 11 is 1.34. The average Bonchev–Trinajstić information content (AvgIpc) is 2.95. The first-order valence-electron chi connectivity index (χ1n) is 5.73. The number of benzene rings is 1. The third-order valence-electron chi connectivity index (χ3n) is 2.82. The molecular weight excluding hydrogens is 280 g/mol. The molecule has 0 radical (unpaired) electrons. The molecule has 0 spiro atoms. The molecule has 0 aliphatic carbocycles. The number of rotatable bonds is 5. The summed E-state index contributed by atoms with van der Waals surface area (Å²) in [4.78, 5) is 11.7. The smallest absolute Gasteiger partial charge is 0.336 e. The zero-order valence-corrected chi connectivity index (χ0v) is 12.1. The lowest BCUT2D eigenvalue weighted by molar-refractivity contribution is 0.0697. The van der Waals surface area contributed by atoms with Crippen molar-refractivity contribution in [1.82, 2.24) is 0 Å². The van der Waals surface area contributed by atoms with Gasteiger partial charge in [-0.05, 0) is 18.2 Å². The van der Waals surface area contributed by atoms with Crippen LogP contribution in [0.3, 0.4) is 0 Å². The third kappa shape index (κ3) is 2.42. The Balaban J connectivity index is 2.58. The van der Waals surface area contributed by atoms with E-state index in [1.165, 1.54) is 25.6 Å². The van der Waals surface area contributed by atoms with Gasteiger partial charge in [-0.15, -0.1) is 11.3 Å². The minimum atomic E-state index is -0.952. The Morgan fingerprint density at radius 3 is 2.30 bits per heavy atom. The van der Waals surface area contributed by atoms with Crippen molar-refractivity contribution in [3.8, 4) is 27.7 Å². The molecule has 6 heteroatoms. The normalized spacial score (nSPS) is 10.2. The van der Waals surface area contributed by atoms with Gasteiger partial charge < -0.3 is 19.3 Å². The first-order chi connectivity index (χ1) is 9.62. The lowest BCUT2D eigenvalue weighted by Gasteiger charge is -2.14. The highest BCUT2D eigenvalue weighted by Gasteiger charge is 2.18. The molecule has 0 atom stereocenters. The molecule has 2 aromatic rings. The summed E-state index contributed by atoms with van der Waals surface area (Å²) in [7, 11) is 4.61. The van der Waals surface area contributed by atoms with E-state index in [9.17, 15) is 4.79 Å². The molecule has 1 aromatic heterocycles. The van der Waals surface area contributed by atoms with E-state index in [1.54, 1.807) is 24.6 Å². The van der Waals surface area contributed by atoms with Crippen molar-refractivity contribution in [1.29, 1.82) is 0 Å². The molecule has 5 nitrogen and oxygen atoms in total. The molecule has 0 saturated heterocycles. The molecule has 0 amide bonds. The molecule has 1 heterocycles. The van der Waals surface area contributed by atoms with Crippen LogP contribution in [0.2, 0.25) is 0 Å². The number of carboxylic acid groups (broad SMARTS) is 1. The third-order valence-corrected chi connectivity index (χ3v) is 3.78. The van der Waals surface area contributed by atoms with Crippen LogP contribution in [0.15, 0.2) is 23.6 Å². The van der Waals surface area contributed by atoms with E-state index in [4.69, 9.17) is 19.3 Å². The molecule has 106 valence electrons. The minimum Gasteiger partial charge on any atom is -0.493 e. The number of carboxylic acids is 1. The molecule has 0 fully saturated rings. The van der Waals surface area contributed by atoms with Crippen LogP contribution < -0.4 is 14.2 Å². The van der Waals surface area contributed by atoms with Crippen LogP contribution in [0.1, 0.15) is 10.4 Å². The molecule has 0 bridgehead atoms. The van der Waals surface area contributed by atoms with Crippen molar-refractivity contribution < 1.29 is 24.1 Å². The van der Waals surface area contributed by atoms with Gasteiger partial charge in [0.1, 0.15) is 0 Å². The maximum atomic E-state index is 11.0. The first kappa shape index (κ1) is 14.2. The van der Waals surface area contributed by atoms with Gasteiger partial charge in [0.15, 0.2) is 11.5 Å². The summed E-state index contributed by atoms with van der Waals surface area (Å²) in [5.41, 5.74) is 1.02. The minimum absolute atomic E-state index is 0.252. The quantitative estimate of drug-likeness (QED) is 0.917. The maximum Gasteiger partial charge on any atom is 0.336 e. The van der Waals surface area contributed by atoms with Crippen molar-refractivity contribution >= 4 is 17.3 Å². The number of hydrogen-bond donors (Lipinski definition) is 1. The van der Waals surface area contributed by atoms with Gasteiger partial charge in [0.25, 0.3) is 0 Å². The predicted molar refractivity (Wildman–Crippen MR) is 76.4 cm³/mol. The lowest BCUT2D eigenvalue weighted by atomic mass is 10.1. The molecule has 2 rings (SSSR count). The molecular formula is C14H14O5S. The summed E-state index contributed by atoms with van der Waals surface area (Å²) in [5.74, 6) is 0.610. The van der Waals surface area contributed by atoms with E-state index in [1.807, 2.05) is 6.07 Å². The van der Waals surface area contributed by atoms with E-state index < -0.39 is 5.97 Å². The Hall–Kier alpha value is -2.21. The van der Waals surface area contributed by atoms with Crippen molar-refractivity contribution in [2.75, 3.05) is 21.3 Å². The number of methoxy groups -OCH3 is 3. The summed E-state index contributed by atoms with van der Waals surface area (Å²) in [6.07, 6.45) is 0. The van der Waals surface area contributed by atoms with Gasteiger partial charge in [-0.25, -0.2) is 4.79 Å². The number of aromatic carboxylic acids is 1. The maximum absolute atomic E-state index is 11.0. The van der Waals surface area contributed by atoms with Crippen molar-refractivity contribution in [2.45, 2.75) is 0 Å². The van der Waals surface area contributed by atoms with Crippen LogP contribution in [0.5, 0.6) is 17.2 Å². The average molecular weight is 294 g/mol. The van der Waals surface area contributed by atoms with E-state index >= 15 is 0 Å². The van der Waals surface area contributed by atoms with Crippen LogP contribution in [0, 0.1) is 0 Å². The monoisotopic (exact) mass is 294 g/mol. The number of hydrogen-bond acceptors (Lipinski definition) is 5. The van der Waals surface area contributed by atoms with E-state index in [2.05, 4.69) is 0 Å². The van der Waals surface area contributed by atoms with Crippen molar-refractivity contribution in [3.63, 3.8) is 0 Å². The standard InChI is InChI=1S/C14H14O5S/c1-17-10-5-4-9(12(18-2)13(10)19-3)11-6-8(7-20-11)14(15)16/h4-7H,1-3H3,(H,15,16).